The molecule has 1 N–H and O–H groups in total. The second-order valence-electron chi connectivity index (χ2n) is 7.55. The molecule has 3 aliphatic rings. The summed E-state index contributed by atoms with van der Waals surface area (Å²) in [5.74, 6) is -0.704. The van der Waals surface area contributed by atoms with Gasteiger partial charge in [-0.1, -0.05) is 30.3 Å². The zero-order chi connectivity index (χ0) is 19.6. The van der Waals surface area contributed by atoms with Crippen LogP contribution in [0, 0.1) is 0 Å². The van der Waals surface area contributed by atoms with Crippen molar-refractivity contribution in [2.45, 2.75) is 44.6 Å². The zero-order valence-electron chi connectivity index (χ0n) is 15.5. The fraction of sp³-hybridized carbons (Fsp3) is 0.318. The van der Waals surface area contributed by atoms with E-state index in [1.165, 1.54) is 6.92 Å². The SMILES string of the molecule is CC(=O)O[C@H]1[C@H](C)O[C@@H]2C[C@H]1Nc1c2ccc2c1C(=O)c1ccccc1C2=O. The van der Waals surface area contributed by atoms with E-state index in [2.05, 4.69) is 5.32 Å². The summed E-state index contributed by atoms with van der Waals surface area (Å²) in [5.41, 5.74) is 3.11. The number of benzene rings is 2. The Hall–Kier alpha value is -2.99. The first kappa shape index (κ1) is 17.1. The van der Waals surface area contributed by atoms with Crippen molar-refractivity contribution in [1.29, 1.82) is 0 Å². The summed E-state index contributed by atoms with van der Waals surface area (Å²) in [6.45, 7) is 3.25. The van der Waals surface area contributed by atoms with E-state index in [-0.39, 0.29) is 35.8 Å². The Morgan fingerprint density at radius 2 is 1.79 bits per heavy atom. The lowest BCUT2D eigenvalue weighted by Crippen LogP contribution is -2.52. The third kappa shape index (κ3) is 2.34. The summed E-state index contributed by atoms with van der Waals surface area (Å²) in [5, 5.41) is 3.39. The minimum Gasteiger partial charge on any atom is -0.458 e. The van der Waals surface area contributed by atoms with E-state index in [0.717, 1.165) is 5.56 Å². The van der Waals surface area contributed by atoms with Crippen molar-refractivity contribution in [2.24, 2.45) is 0 Å². The molecule has 2 bridgehead atoms. The summed E-state index contributed by atoms with van der Waals surface area (Å²) >= 11 is 0. The number of nitrogens with one attached hydrogen (secondary N) is 1. The first-order valence-corrected chi connectivity index (χ1v) is 9.40. The van der Waals surface area contributed by atoms with Gasteiger partial charge in [0.25, 0.3) is 0 Å². The largest absolute Gasteiger partial charge is 0.458 e. The van der Waals surface area contributed by atoms with Gasteiger partial charge in [0.2, 0.25) is 0 Å². The van der Waals surface area contributed by atoms with Gasteiger partial charge < -0.3 is 14.8 Å². The molecule has 0 amide bonds. The van der Waals surface area contributed by atoms with E-state index in [9.17, 15) is 14.4 Å². The molecule has 6 heteroatoms. The van der Waals surface area contributed by atoms with Crippen molar-refractivity contribution >= 4 is 23.2 Å². The van der Waals surface area contributed by atoms with Crippen LogP contribution in [0.1, 0.15) is 63.8 Å². The Kier molecular flexibility index (Phi) is 3.67. The number of carbonyl (C=O) groups is 3. The fourth-order valence-corrected chi connectivity index (χ4v) is 4.61. The topological polar surface area (TPSA) is 81.7 Å². The Bertz CT molecular complexity index is 1040. The maximum absolute atomic E-state index is 13.3. The first-order valence-electron chi connectivity index (χ1n) is 9.40. The number of rotatable bonds is 1. The summed E-state index contributed by atoms with van der Waals surface area (Å²) in [6.07, 6.45) is -0.317. The molecule has 0 spiro atoms. The molecule has 142 valence electrons. The predicted octanol–water partition coefficient (Wildman–Crippen LogP) is 3.04. The number of hydrogen-bond donors (Lipinski definition) is 1. The lowest BCUT2D eigenvalue weighted by molar-refractivity contribution is -0.170. The Labute approximate surface area is 161 Å². The summed E-state index contributed by atoms with van der Waals surface area (Å²) < 4.78 is 11.6. The highest BCUT2D eigenvalue weighted by Gasteiger charge is 2.45. The molecule has 0 radical (unpaired) electrons. The van der Waals surface area contributed by atoms with Gasteiger partial charge in [-0.2, -0.15) is 0 Å². The van der Waals surface area contributed by atoms with Crippen LogP contribution >= 0.6 is 0 Å². The molecule has 2 aromatic carbocycles. The number of carbonyl (C=O) groups excluding carboxylic acids is 3. The maximum Gasteiger partial charge on any atom is 0.303 e. The molecular formula is C22H19NO5. The smallest absolute Gasteiger partial charge is 0.303 e. The van der Waals surface area contributed by atoms with Crippen LogP contribution in [0.25, 0.3) is 0 Å². The van der Waals surface area contributed by atoms with Crippen molar-refractivity contribution in [1.82, 2.24) is 0 Å². The number of fused-ring (bicyclic) bond motifs is 7. The van der Waals surface area contributed by atoms with Gasteiger partial charge >= 0.3 is 5.97 Å². The number of ketones is 2. The van der Waals surface area contributed by atoms with Crippen molar-refractivity contribution in [3.8, 4) is 0 Å². The van der Waals surface area contributed by atoms with Gasteiger partial charge in [0.15, 0.2) is 11.6 Å². The normalized spacial score (nSPS) is 27.2. The number of ether oxygens (including phenoxy) is 2. The number of hydrogen-bond acceptors (Lipinski definition) is 6. The molecule has 6 nitrogen and oxygen atoms in total. The third-order valence-electron chi connectivity index (χ3n) is 5.81. The van der Waals surface area contributed by atoms with E-state index in [0.29, 0.717) is 34.4 Å². The van der Waals surface area contributed by atoms with E-state index in [4.69, 9.17) is 9.47 Å². The Morgan fingerprint density at radius 1 is 1.07 bits per heavy atom. The van der Waals surface area contributed by atoms with Crippen LogP contribution in [0.4, 0.5) is 5.69 Å². The molecule has 2 aromatic rings. The second-order valence-corrected chi connectivity index (χ2v) is 7.55. The molecule has 1 fully saturated rings. The predicted molar refractivity (Wildman–Crippen MR) is 101 cm³/mol. The van der Waals surface area contributed by atoms with Crippen LogP contribution in [-0.2, 0) is 14.3 Å². The van der Waals surface area contributed by atoms with E-state index in [1.54, 1.807) is 30.3 Å². The van der Waals surface area contributed by atoms with Crippen LogP contribution in [0.15, 0.2) is 36.4 Å². The van der Waals surface area contributed by atoms with Crippen molar-refractivity contribution in [2.75, 3.05) is 5.32 Å². The molecule has 0 saturated carbocycles. The second kappa shape index (κ2) is 6.01. The van der Waals surface area contributed by atoms with Crippen LogP contribution < -0.4 is 5.32 Å². The molecule has 4 atom stereocenters. The molecule has 0 aromatic heterocycles. The molecule has 2 aliphatic heterocycles. The Balaban J connectivity index is 1.64. The van der Waals surface area contributed by atoms with E-state index in [1.807, 2.05) is 13.0 Å². The average molecular weight is 377 g/mol. The quantitative estimate of drug-likeness (QED) is 0.657. The van der Waals surface area contributed by atoms with Crippen molar-refractivity contribution < 1.29 is 23.9 Å². The molecule has 1 aliphatic carbocycles. The van der Waals surface area contributed by atoms with Gasteiger partial charge in [0.05, 0.1) is 29.5 Å². The number of esters is 1. The lowest BCUT2D eigenvalue weighted by Gasteiger charge is -2.45. The maximum atomic E-state index is 13.3. The van der Waals surface area contributed by atoms with Crippen molar-refractivity contribution in [3.63, 3.8) is 0 Å². The third-order valence-corrected chi connectivity index (χ3v) is 5.81. The molecule has 5 rings (SSSR count). The van der Waals surface area contributed by atoms with Crippen LogP contribution in [-0.4, -0.2) is 35.8 Å². The summed E-state index contributed by atoms with van der Waals surface area (Å²) in [6, 6.07) is 10.3. The van der Waals surface area contributed by atoms with Gasteiger partial charge in [-0.3, -0.25) is 14.4 Å². The average Bonchev–Trinajstić information content (AvgIpc) is 2.68. The number of anilines is 1. The van der Waals surface area contributed by atoms with Crippen LogP contribution in [0.2, 0.25) is 0 Å². The van der Waals surface area contributed by atoms with E-state index >= 15 is 0 Å². The van der Waals surface area contributed by atoms with Gasteiger partial charge in [-0.25, -0.2) is 0 Å². The lowest BCUT2D eigenvalue weighted by atomic mass is 9.78. The summed E-state index contributed by atoms with van der Waals surface area (Å²) in [4.78, 5) is 37.7. The summed E-state index contributed by atoms with van der Waals surface area (Å²) in [7, 11) is 0. The van der Waals surface area contributed by atoms with Crippen molar-refractivity contribution in [3.05, 3.63) is 64.2 Å². The standard InChI is InChI=1S/C22H19NO5/c1-10-22(28-11(2)24)16-9-17(27-10)14-7-8-15-18(19(14)23-16)21(26)13-6-4-3-5-12(13)20(15)25/h3-8,10,16-17,22-23H,9H2,1-2H3/t10-,16+,17+,22-/m0/s1. The van der Waals surface area contributed by atoms with Gasteiger partial charge in [-0.15, -0.1) is 0 Å². The zero-order valence-corrected chi connectivity index (χ0v) is 15.5. The molecular weight excluding hydrogens is 358 g/mol. The fourth-order valence-electron chi connectivity index (χ4n) is 4.61. The first-order chi connectivity index (χ1) is 13.5. The van der Waals surface area contributed by atoms with E-state index < -0.39 is 6.10 Å². The van der Waals surface area contributed by atoms with Gasteiger partial charge in [0.1, 0.15) is 6.10 Å². The molecule has 0 unspecified atom stereocenters. The van der Waals surface area contributed by atoms with Gasteiger partial charge in [0, 0.05) is 35.6 Å². The van der Waals surface area contributed by atoms with Crippen LogP contribution in [0.3, 0.4) is 0 Å². The molecule has 1 saturated heterocycles. The monoisotopic (exact) mass is 377 g/mol. The minimum absolute atomic E-state index is 0.156. The highest BCUT2D eigenvalue weighted by atomic mass is 16.6. The minimum atomic E-state index is -0.459. The molecule has 28 heavy (non-hydrogen) atoms. The Morgan fingerprint density at radius 3 is 2.50 bits per heavy atom. The molecule has 2 heterocycles. The van der Waals surface area contributed by atoms with Crippen LogP contribution in [0.5, 0.6) is 0 Å². The highest BCUT2D eigenvalue weighted by molar-refractivity contribution is 6.30. The van der Waals surface area contributed by atoms with Gasteiger partial charge in [-0.05, 0) is 13.0 Å². The highest BCUT2D eigenvalue weighted by Crippen LogP contribution is 2.46.